The minimum Gasteiger partial charge on any atom is -0.322 e. The second kappa shape index (κ2) is 5.54. The van der Waals surface area contributed by atoms with E-state index in [9.17, 15) is 9.18 Å². The van der Waals surface area contributed by atoms with Crippen molar-refractivity contribution in [2.45, 2.75) is 4.90 Å². The molecule has 0 bridgehead atoms. The summed E-state index contributed by atoms with van der Waals surface area (Å²) >= 11 is 7.23. The lowest BCUT2D eigenvalue weighted by atomic mass is 10.2. The van der Waals surface area contributed by atoms with Crippen molar-refractivity contribution in [3.8, 4) is 0 Å². The lowest BCUT2D eigenvalue weighted by molar-refractivity contribution is 0.102. The number of amides is 1. The molecule has 0 radical (unpaired) electrons. The normalized spacial score (nSPS) is 10.2. The number of carbonyl (C=O) groups is 1. The van der Waals surface area contributed by atoms with Gasteiger partial charge in [0, 0.05) is 16.1 Å². The van der Waals surface area contributed by atoms with Crippen LogP contribution in [0.4, 0.5) is 10.1 Å². The van der Waals surface area contributed by atoms with Gasteiger partial charge in [0.1, 0.15) is 5.82 Å². The van der Waals surface area contributed by atoms with E-state index in [1.165, 1.54) is 18.2 Å². The van der Waals surface area contributed by atoms with Gasteiger partial charge >= 0.3 is 0 Å². The van der Waals surface area contributed by atoms with Crippen molar-refractivity contribution in [2.24, 2.45) is 0 Å². The van der Waals surface area contributed by atoms with Crippen LogP contribution in [-0.2, 0) is 0 Å². The van der Waals surface area contributed by atoms with Gasteiger partial charge in [0.2, 0.25) is 0 Å². The molecule has 0 saturated carbocycles. The molecule has 0 aliphatic heterocycles. The molecule has 2 aromatic rings. The predicted molar refractivity (Wildman–Crippen MR) is 75.7 cm³/mol. The van der Waals surface area contributed by atoms with Crippen LogP contribution in [-0.4, -0.2) is 5.91 Å². The largest absolute Gasteiger partial charge is 0.322 e. The molecule has 2 rings (SSSR count). The van der Waals surface area contributed by atoms with Crippen LogP contribution in [0, 0.1) is 5.82 Å². The first kappa shape index (κ1) is 13.1. The predicted octanol–water partition coefficient (Wildman–Crippen LogP) is 4.13. The first-order valence-corrected chi connectivity index (χ1v) is 6.36. The molecule has 0 aliphatic rings. The molecule has 1 amide bonds. The number of rotatable bonds is 2. The summed E-state index contributed by atoms with van der Waals surface area (Å²) in [6, 6.07) is 11.2. The molecule has 0 unspecified atom stereocenters. The molecule has 0 fully saturated rings. The molecule has 92 valence electrons. The molecule has 5 heteroatoms. The standard InChI is InChI=1S/C13H9BrFNOS/c14-11-7-9(4-5-12(11)15)16-13(17)8-2-1-3-10(18)6-8/h1-7,18H,(H,16,17). The van der Waals surface area contributed by atoms with Gasteiger partial charge in [-0.2, -0.15) is 0 Å². The smallest absolute Gasteiger partial charge is 0.255 e. The Bertz CT molecular complexity index is 603. The topological polar surface area (TPSA) is 29.1 Å². The third-order valence-electron chi connectivity index (χ3n) is 2.29. The molecule has 18 heavy (non-hydrogen) atoms. The number of halogens is 2. The fourth-order valence-corrected chi connectivity index (χ4v) is 2.03. The third-order valence-corrected chi connectivity index (χ3v) is 3.17. The average Bonchev–Trinajstić information content (AvgIpc) is 2.34. The second-order valence-electron chi connectivity index (χ2n) is 3.63. The summed E-state index contributed by atoms with van der Waals surface area (Å²) in [5, 5.41) is 2.68. The van der Waals surface area contributed by atoms with Crippen molar-refractivity contribution in [1.29, 1.82) is 0 Å². The minimum atomic E-state index is -0.370. The Morgan fingerprint density at radius 1 is 1.22 bits per heavy atom. The molecular weight excluding hydrogens is 317 g/mol. The number of nitrogens with one attached hydrogen (secondary N) is 1. The van der Waals surface area contributed by atoms with Crippen molar-refractivity contribution >= 4 is 40.2 Å². The van der Waals surface area contributed by atoms with Gasteiger partial charge in [-0.15, -0.1) is 12.6 Å². The van der Waals surface area contributed by atoms with Crippen LogP contribution in [0.3, 0.4) is 0 Å². The lowest BCUT2D eigenvalue weighted by Gasteiger charge is -2.06. The summed E-state index contributed by atoms with van der Waals surface area (Å²) in [5.74, 6) is -0.630. The summed E-state index contributed by atoms with van der Waals surface area (Å²) < 4.78 is 13.4. The Hall–Kier alpha value is -1.33. The van der Waals surface area contributed by atoms with Crippen LogP contribution in [0.1, 0.15) is 10.4 Å². The Labute approximate surface area is 118 Å². The molecule has 0 spiro atoms. The second-order valence-corrected chi connectivity index (χ2v) is 5.00. The highest BCUT2D eigenvalue weighted by atomic mass is 79.9. The highest BCUT2D eigenvalue weighted by molar-refractivity contribution is 9.10. The summed E-state index contributed by atoms with van der Waals surface area (Å²) in [6.07, 6.45) is 0. The van der Waals surface area contributed by atoms with E-state index in [1.54, 1.807) is 24.3 Å². The van der Waals surface area contributed by atoms with Crippen molar-refractivity contribution in [1.82, 2.24) is 0 Å². The number of benzene rings is 2. The van der Waals surface area contributed by atoms with E-state index < -0.39 is 0 Å². The summed E-state index contributed by atoms with van der Waals surface area (Å²) in [5.41, 5.74) is 1.03. The Kier molecular flexibility index (Phi) is 4.04. The Morgan fingerprint density at radius 2 is 2.00 bits per heavy atom. The summed E-state index contributed by atoms with van der Waals surface area (Å²) in [7, 11) is 0. The quantitative estimate of drug-likeness (QED) is 0.799. The van der Waals surface area contributed by atoms with Crippen LogP contribution >= 0.6 is 28.6 Å². The molecule has 0 saturated heterocycles. The van der Waals surface area contributed by atoms with E-state index in [2.05, 4.69) is 33.9 Å². The molecule has 0 aliphatic carbocycles. The van der Waals surface area contributed by atoms with E-state index >= 15 is 0 Å². The van der Waals surface area contributed by atoms with E-state index in [-0.39, 0.29) is 11.7 Å². The zero-order valence-corrected chi connectivity index (χ0v) is 11.6. The fourth-order valence-electron chi connectivity index (χ4n) is 1.42. The van der Waals surface area contributed by atoms with Gasteiger partial charge in [-0.3, -0.25) is 4.79 Å². The van der Waals surface area contributed by atoms with Crippen LogP contribution in [0.15, 0.2) is 51.8 Å². The monoisotopic (exact) mass is 325 g/mol. The first-order valence-electron chi connectivity index (χ1n) is 5.12. The summed E-state index contributed by atoms with van der Waals surface area (Å²) in [4.78, 5) is 12.6. The minimum absolute atomic E-state index is 0.260. The molecule has 1 N–H and O–H groups in total. The Morgan fingerprint density at radius 3 is 2.67 bits per heavy atom. The zero-order valence-electron chi connectivity index (χ0n) is 9.15. The maximum Gasteiger partial charge on any atom is 0.255 e. The SMILES string of the molecule is O=C(Nc1ccc(F)c(Br)c1)c1cccc(S)c1. The number of hydrogen-bond acceptors (Lipinski definition) is 2. The maximum atomic E-state index is 13.0. The maximum absolute atomic E-state index is 13.0. The molecular formula is C13H9BrFNOS. The van der Waals surface area contributed by atoms with E-state index in [0.29, 0.717) is 20.6 Å². The molecule has 2 nitrogen and oxygen atoms in total. The average molecular weight is 326 g/mol. The third kappa shape index (κ3) is 3.11. The Balaban J connectivity index is 2.18. The first-order chi connectivity index (χ1) is 8.56. The number of hydrogen-bond donors (Lipinski definition) is 2. The van der Waals surface area contributed by atoms with E-state index in [1.807, 2.05) is 0 Å². The summed E-state index contributed by atoms with van der Waals surface area (Å²) in [6.45, 7) is 0. The van der Waals surface area contributed by atoms with Gasteiger partial charge in [-0.1, -0.05) is 6.07 Å². The van der Waals surface area contributed by atoms with Gasteiger partial charge in [0.25, 0.3) is 5.91 Å². The zero-order chi connectivity index (χ0) is 13.1. The van der Waals surface area contributed by atoms with E-state index in [0.717, 1.165) is 0 Å². The van der Waals surface area contributed by atoms with E-state index in [4.69, 9.17) is 0 Å². The van der Waals surface area contributed by atoms with Gasteiger partial charge in [-0.25, -0.2) is 4.39 Å². The van der Waals surface area contributed by atoms with Gasteiger partial charge in [0.15, 0.2) is 0 Å². The molecule has 0 aromatic heterocycles. The molecule has 0 heterocycles. The number of carbonyl (C=O) groups excluding carboxylic acids is 1. The van der Waals surface area contributed by atoms with Crippen LogP contribution in [0.25, 0.3) is 0 Å². The molecule has 0 atom stereocenters. The van der Waals surface area contributed by atoms with Crippen molar-refractivity contribution in [3.63, 3.8) is 0 Å². The molecule has 2 aromatic carbocycles. The van der Waals surface area contributed by atoms with Crippen LogP contribution in [0.5, 0.6) is 0 Å². The number of thiol groups is 1. The van der Waals surface area contributed by atoms with Crippen molar-refractivity contribution in [3.05, 3.63) is 58.3 Å². The van der Waals surface area contributed by atoms with Gasteiger partial charge in [-0.05, 0) is 52.3 Å². The highest BCUT2D eigenvalue weighted by Crippen LogP contribution is 2.20. The van der Waals surface area contributed by atoms with Crippen LogP contribution < -0.4 is 5.32 Å². The van der Waals surface area contributed by atoms with Crippen molar-refractivity contribution < 1.29 is 9.18 Å². The number of anilines is 1. The van der Waals surface area contributed by atoms with Gasteiger partial charge in [0.05, 0.1) is 4.47 Å². The van der Waals surface area contributed by atoms with Crippen molar-refractivity contribution in [2.75, 3.05) is 5.32 Å². The lowest BCUT2D eigenvalue weighted by Crippen LogP contribution is -2.11. The van der Waals surface area contributed by atoms with Crippen LogP contribution in [0.2, 0.25) is 0 Å². The highest BCUT2D eigenvalue weighted by Gasteiger charge is 2.07. The fraction of sp³-hybridized carbons (Fsp3) is 0. The van der Waals surface area contributed by atoms with Gasteiger partial charge < -0.3 is 5.32 Å².